The van der Waals surface area contributed by atoms with Crippen LogP contribution in [0.25, 0.3) is 0 Å². The van der Waals surface area contributed by atoms with Crippen molar-refractivity contribution in [2.45, 2.75) is 153 Å². The number of carbonyl (C=O) groups is 2. The van der Waals surface area contributed by atoms with Gasteiger partial charge in [-0.15, -0.1) is 17.2 Å². The molecule has 276 valence electrons. The Bertz CT molecular complexity index is 1130. The lowest BCUT2D eigenvalue weighted by atomic mass is 9.74. The zero-order chi connectivity index (χ0) is 35.3. The summed E-state index contributed by atoms with van der Waals surface area (Å²) in [5.41, 5.74) is 0. The highest BCUT2D eigenvalue weighted by Crippen LogP contribution is 2.36. The van der Waals surface area contributed by atoms with Crippen molar-refractivity contribution < 1.29 is 31.9 Å². The summed E-state index contributed by atoms with van der Waals surface area (Å²) in [5, 5.41) is 15.7. The second-order valence-corrected chi connectivity index (χ2v) is 16.6. The molecular formula is C36H62F2N4O5S. The van der Waals surface area contributed by atoms with E-state index in [-0.39, 0.29) is 50.0 Å². The number of hydrazine groups is 1. The molecule has 3 rings (SSSR count). The van der Waals surface area contributed by atoms with Gasteiger partial charge in [0.15, 0.2) is 0 Å². The minimum absolute atomic E-state index is 0.00929. The van der Waals surface area contributed by atoms with Crippen LogP contribution in [0, 0.1) is 36.0 Å². The van der Waals surface area contributed by atoms with Crippen LogP contribution in [0.5, 0.6) is 0 Å². The predicted molar refractivity (Wildman–Crippen MR) is 185 cm³/mol. The number of terminal acetylenes is 1. The zero-order valence-electron chi connectivity index (χ0n) is 29.6. The Morgan fingerprint density at radius 1 is 0.896 bits per heavy atom. The van der Waals surface area contributed by atoms with Gasteiger partial charge in [0.2, 0.25) is 21.8 Å². The van der Waals surface area contributed by atoms with Crippen LogP contribution in [0.1, 0.15) is 124 Å². The number of hydrogen-bond donors (Lipinski definition) is 3. The van der Waals surface area contributed by atoms with Crippen LogP contribution in [-0.2, 0) is 19.6 Å². The van der Waals surface area contributed by atoms with E-state index in [9.17, 15) is 31.9 Å². The molecule has 0 radical (unpaired) electrons. The van der Waals surface area contributed by atoms with Crippen LogP contribution in [-0.4, -0.2) is 91.2 Å². The molecule has 0 aliphatic heterocycles. The lowest BCUT2D eigenvalue weighted by molar-refractivity contribution is -0.139. The number of nitrogens with zero attached hydrogens (tertiary/aromatic N) is 2. The summed E-state index contributed by atoms with van der Waals surface area (Å²) in [6.07, 6.45) is 10.6. The van der Waals surface area contributed by atoms with E-state index >= 15 is 0 Å². The fourth-order valence-corrected chi connectivity index (χ4v) is 9.59. The molecule has 0 heterocycles. The van der Waals surface area contributed by atoms with E-state index in [0.717, 1.165) is 38.5 Å². The number of aliphatic hydroxyl groups is 1. The van der Waals surface area contributed by atoms with Crippen molar-refractivity contribution in [1.29, 1.82) is 0 Å². The van der Waals surface area contributed by atoms with Gasteiger partial charge in [-0.1, -0.05) is 46.5 Å². The molecule has 3 aliphatic carbocycles. The molecule has 12 heteroatoms. The topological polar surface area (TPSA) is 119 Å². The molecule has 3 N–H and O–H groups in total. The Balaban J connectivity index is 1.80. The molecule has 3 aliphatic rings. The number of carbonyl (C=O) groups excluding carboxylic acids is 2. The number of amides is 2. The van der Waals surface area contributed by atoms with Gasteiger partial charge >= 0.3 is 0 Å². The van der Waals surface area contributed by atoms with Crippen LogP contribution < -0.4 is 10.1 Å². The van der Waals surface area contributed by atoms with Gasteiger partial charge in [-0.05, 0) is 76.5 Å². The van der Waals surface area contributed by atoms with Crippen molar-refractivity contribution >= 4 is 21.8 Å². The van der Waals surface area contributed by atoms with Gasteiger partial charge < -0.3 is 15.3 Å². The van der Waals surface area contributed by atoms with E-state index in [0.29, 0.717) is 58.2 Å². The maximum Gasteiger partial charge on any atom is 0.227 e. The number of rotatable bonds is 18. The number of aliphatic hydroxyl groups excluding tert-OH is 1. The monoisotopic (exact) mass is 700 g/mol. The smallest absolute Gasteiger partial charge is 0.227 e. The number of unbranched alkanes of at least 4 members (excludes halogenated alkanes) is 1. The van der Waals surface area contributed by atoms with E-state index in [1.807, 2.05) is 25.7 Å². The standard InChI is InChI=1S/C36H62F2N4O5S/c1-5-9-17-42(40-48(46,47)32-13-11-10-12-14-32)25-34(43)33(22-27-20-30(37)24-31(38)21-27)39-35(44)28-18-26(8-4)19-29(23-28)36(45)41(15-6-2)16-7-3/h4,26-34,40,43H,5-7,9-25H2,1-3H3,(H,39,44). The molecule has 3 fully saturated rings. The molecule has 0 aromatic carbocycles. The molecular weight excluding hydrogens is 638 g/mol. The van der Waals surface area contributed by atoms with Crippen molar-refractivity contribution in [2.24, 2.45) is 23.7 Å². The van der Waals surface area contributed by atoms with Gasteiger partial charge in [0.1, 0.15) is 12.3 Å². The average Bonchev–Trinajstić information content (AvgIpc) is 3.06. The van der Waals surface area contributed by atoms with Crippen molar-refractivity contribution in [3.8, 4) is 12.3 Å². The van der Waals surface area contributed by atoms with Gasteiger partial charge in [0, 0.05) is 50.4 Å². The molecule has 7 atom stereocenters. The normalized spacial score (nSPS) is 28.4. The summed E-state index contributed by atoms with van der Waals surface area (Å²) < 4.78 is 55.5. The Morgan fingerprint density at radius 2 is 1.52 bits per heavy atom. The van der Waals surface area contributed by atoms with Crippen molar-refractivity contribution in [1.82, 2.24) is 20.1 Å². The third kappa shape index (κ3) is 12.5. The van der Waals surface area contributed by atoms with Crippen LogP contribution in [0.4, 0.5) is 8.78 Å². The number of sulfonamides is 1. The fourth-order valence-electron chi connectivity index (χ4n) is 7.96. The van der Waals surface area contributed by atoms with Crippen molar-refractivity contribution in [2.75, 3.05) is 26.2 Å². The van der Waals surface area contributed by atoms with Crippen LogP contribution in [0.15, 0.2) is 0 Å². The molecule has 2 amide bonds. The van der Waals surface area contributed by atoms with E-state index in [2.05, 4.69) is 16.1 Å². The molecule has 0 bridgehead atoms. The van der Waals surface area contributed by atoms with Crippen molar-refractivity contribution in [3.63, 3.8) is 0 Å². The second kappa shape index (κ2) is 20.1. The molecule has 0 saturated heterocycles. The third-order valence-electron chi connectivity index (χ3n) is 10.5. The quantitative estimate of drug-likeness (QED) is 0.132. The van der Waals surface area contributed by atoms with Gasteiger partial charge in [-0.2, -0.15) is 0 Å². The van der Waals surface area contributed by atoms with Crippen molar-refractivity contribution in [3.05, 3.63) is 0 Å². The molecule has 3 saturated carbocycles. The van der Waals surface area contributed by atoms with E-state index in [1.54, 1.807) is 0 Å². The highest BCUT2D eigenvalue weighted by molar-refractivity contribution is 7.90. The number of hydrogen-bond acceptors (Lipinski definition) is 6. The first-order valence-electron chi connectivity index (χ1n) is 18.7. The minimum atomic E-state index is -3.68. The van der Waals surface area contributed by atoms with E-state index < -0.39 is 57.5 Å². The van der Waals surface area contributed by atoms with E-state index in [4.69, 9.17) is 6.42 Å². The maximum absolute atomic E-state index is 14.4. The van der Waals surface area contributed by atoms with Crippen LogP contribution >= 0.6 is 0 Å². The summed E-state index contributed by atoms with van der Waals surface area (Å²) in [5.74, 6) is 0.814. The molecule has 0 aromatic rings. The summed E-state index contributed by atoms with van der Waals surface area (Å²) in [6.45, 7) is 7.59. The zero-order valence-corrected chi connectivity index (χ0v) is 30.4. The lowest BCUT2D eigenvalue weighted by Gasteiger charge is -2.37. The van der Waals surface area contributed by atoms with E-state index in [1.165, 1.54) is 5.01 Å². The summed E-state index contributed by atoms with van der Waals surface area (Å²) in [7, 11) is -3.68. The van der Waals surface area contributed by atoms with Crippen LogP contribution in [0.3, 0.4) is 0 Å². The Labute approximate surface area is 288 Å². The maximum atomic E-state index is 14.4. The lowest BCUT2D eigenvalue weighted by Crippen LogP contribution is -2.55. The average molecular weight is 701 g/mol. The Hall–Kier alpha value is -1.81. The first-order valence-corrected chi connectivity index (χ1v) is 20.2. The fraction of sp³-hybridized carbons (Fsp3) is 0.889. The predicted octanol–water partition coefficient (Wildman–Crippen LogP) is 5.28. The highest BCUT2D eigenvalue weighted by Gasteiger charge is 2.40. The molecule has 0 spiro atoms. The van der Waals surface area contributed by atoms with Gasteiger partial charge in [0.05, 0.1) is 17.4 Å². The summed E-state index contributed by atoms with van der Waals surface area (Å²) >= 11 is 0. The largest absolute Gasteiger partial charge is 0.390 e. The Morgan fingerprint density at radius 3 is 2.10 bits per heavy atom. The number of alkyl halides is 2. The minimum Gasteiger partial charge on any atom is -0.390 e. The molecule has 48 heavy (non-hydrogen) atoms. The van der Waals surface area contributed by atoms with Gasteiger partial charge in [0.25, 0.3) is 0 Å². The second-order valence-electron chi connectivity index (χ2n) is 14.7. The first kappa shape index (κ1) is 40.6. The number of nitrogens with one attached hydrogen (secondary N) is 2. The van der Waals surface area contributed by atoms with Gasteiger partial charge in [-0.25, -0.2) is 22.2 Å². The Kier molecular flexibility index (Phi) is 17.0. The third-order valence-corrected chi connectivity index (χ3v) is 12.3. The SMILES string of the molecule is C#CC1CC(C(=O)NC(CC2CC(F)CC(F)C2)C(O)CN(CCCC)NS(=O)(=O)C2CCCCC2)CC(C(=O)N(CCC)CCC)C1. The van der Waals surface area contributed by atoms with Gasteiger partial charge in [-0.3, -0.25) is 9.59 Å². The summed E-state index contributed by atoms with van der Waals surface area (Å²) in [6, 6.07) is -0.875. The summed E-state index contributed by atoms with van der Waals surface area (Å²) in [4.78, 5) is 32.1. The highest BCUT2D eigenvalue weighted by atomic mass is 32.2. The molecule has 0 aromatic heterocycles. The number of halogens is 2. The molecule has 9 nitrogen and oxygen atoms in total. The molecule has 7 unspecified atom stereocenters. The first-order chi connectivity index (χ1) is 22.9. The van der Waals surface area contributed by atoms with Crippen LogP contribution in [0.2, 0.25) is 0 Å².